The van der Waals surface area contributed by atoms with E-state index in [1.165, 1.54) is 19.3 Å². The summed E-state index contributed by atoms with van der Waals surface area (Å²) in [5.74, 6) is 0.532. The summed E-state index contributed by atoms with van der Waals surface area (Å²) in [7, 11) is 3.10. The lowest BCUT2D eigenvalue weighted by Crippen LogP contribution is -2.47. The number of hydrogen-bond acceptors (Lipinski definition) is 9. The first-order chi connectivity index (χ1) is 23.6. The Labute approximate surface area is 286 Å². The van der Waals surface area contributed by atoms with E-state index in [0.29, 0.717) is 35.5 Å². The minimum absolute atomic E-state index is 0.00610. The number of hydrogen-bond donors (Lipinski definition) is 3. The summed E-state index contributed by atoms with van der Waals surface area (Å²) in [5, 5.41) is 22.1. The number of rotatable bonds is 8. The van der Waals surface area contributed by atoms with Crippen LogP contribution >= 0.6 is 11.6 Å². The number of aromatic nitrogens is 4. The highest BCUT2D eigenvalue weighted by molar-refractivity contribution is 6.36. The van der Waals surface area contributed by atoms with Crippen molar-refractivity contribution in [3.63, 3.8) is 0 Å². The van der Waals surface area contributed by atoms with Crippen LogP contribution in [0.15, 0.2) is 59.5 Å². The Morgan fingerprint density at radius 2 is 1.88 bits per heavy atom. The molecule has 5 aromatic rings. The van der Waals surface area contributed by atoms with Crippen molar-refractivity contribution in [1.82, 2.24) is 25.1 Å². The van der Waals surface area contributed by atoms with Crippen molar-refractivity contribution in [3.8, 4) is 28.3 Å². The fourth-order valence-corrected chi connectivity index (χ4v) is 7.17. The molecule has 3 atom stereocenters. The predicted molar refractivity (Wildman–Crippen MR) is 184 cm³/mol. The topological polar surface area (TPSA) is 123 Å². The lowest BCUT2D eigenvalue weighted by atomic mass is 9.96. The van der Waals surface area contributed by atoms with Gasteiger partial charge in [-0.1, -0.05) is 41.9 Å². The van der Waals surface area contributed by atoms with E-state index in [2.05, 4.69) is 26.8 Å². The fourth-order valence-electron chi connectivity index (χ4n) is 6.85. The molecule has 1 saturated heterocycles. The first-order valence-corrected chi connectivity index (χ1v) is 16.4. The van der Waals surface area contributed by atoms with E-state index in [1.807, 2.05) is 37.3 Å². The Balaban J connectivity index is 1.24. The van der Waals surface area contributed by atoms with Crippen molar-refractivity contribution in [2.24, 2.45) is 7.05 Å². The van der Waals surface area contributed by atoms with E-state index >= 15 is 0 Å². The molecule has 0 amide bonds. The Kier molecular flexibility index (Phi) is 9.05. The van der Waals surface area contributed by atoms with Gasteiger partial charge in [-0.15, -0.1) is 0 Å². The number of nitrogens with one attached hydrogen (secondary N) is 2. The van der Waals surface area contributed by atoms with Crippen LogP contribution in [0.5, 0.6) is 5.88 Å². The summed E-state index contributed by atoms with van der Waals surface area (Å²) in [6.45, 7) is 2.81. The van der Waals surface area contributed by atoms with Crippen LogP contribution in [-0.2, 0) is 18.2 Å². The number of aryl methyl sites for hydroxylation is 2. The van der Waals surface area contributed by atoms with Gasteiger partial charge < -0.3 is 25.2 Å². The normalized spacial score (nSPS) is 19.0. The first kappa shape index (κ1) is 33.0. The van der Waals surface area contributed by atoms with Crippen molar-refractivity contribution < 1.29 is 23.4 Å². The van der Waals surface area contributed by atoms with Crippen LogP contribution in [0.3, 0.4) is 0 Å². The minimum Gasteiger partial charge on any atom is -0.481 e. The van der Waals surface area contributed by atoms with Gasteiger partial charge in [-0.2, -0.15) is 5.10 Å². The third-order valence-electron chi connectivity index (χ3n) is 9.42. The molecule has 3 unspecified atom stereocenters. The van der Waals surface area contributed by atoms with Crippen molar-refractivity contribution in [2.75, 3.05) is 25.6 Å². The highest BCUT2D eigenvalue weighted by Gasteiger charge is 2.33. The smallest absolute Gasteiger partial charge is 0.280 e. The molecule has 254 valence electrons. The maximum Gasteiger partial charge on any atom is 0.280 e. The van der Waals surface area contributed by atoms with Crippen LogP contribution in [0.2, 0.25) is 5.02 Å². The number of alkyl halides is 2. The third kappa shape index (κ3) is 6.14. The molecule has 0 radical (unpaired) electrons. The average Bonchev–Trinajstić information content (AvgIpc) is 3.50. The fraction of sp³-hybridized carbons (Fsp3) is 0.333. The van der Waals surface area contributed by atoms with Gasteiger partial charge in [0.2, 0.25) is 5.88 Å². The first-order valence-electron chi connectivity index (χ1n) is 16.0. The van der Waals surface area contributed by atoms with Crippen LogP contribution in [0.25, 0.3) is 33.2 Å². The summed E-state index contributed by atoms with van der Waals surface area (Å²) < 4.78 is 39.9. The summed E-state index contributed by atoms with van der Waals surface area (Å²) in [6, 6.07) is 14.4. The molecule has 0 saturated carbocycles. The van der Waals surface area contributed by atoms with E-state index in [1.54, 1.807) is 13.2 Å². The Morgan fingerprint density at radius 3 is 2.65 bits per heavy atom. The number of ether oxygens (including phenoxy) is 2. The number of anilines is 2. The number of benzene rings is 2. The number of fused-ring (bicyclic) bond motifs is 2. The van der Waals surface area contributed by atoms with Crippen LogP contribution in [-0.4, -0.2) is 57.3 Å². The van der Waals surface area contributed by atoms with Crippen LogP contribution < -0.4 is 20.9 Å². The maximum atomic E-state index is 13.8. The van der Waals surface area contributed by atoms with Crippen LogP contribution in [0.4, 0.5) is 20.3 Å². The molecule has 1 aliphatic heterocycles. The zero-order chi connectivity index (χ0) is 34.4. The molecule has 4 heterocycles. The Morgan fingerprint density at radius 1 is 1.10 bits per heavy atom. The maximum absolute atomic E-state index is 13.8. The largest absolute Gasteiger partial charge is 0.481 e. The van der Waals surface area contributed by atoms with Gasteiger partial charge in [0.25, 0.3) is 12.0 Å². The van der Waals surface area contributed by atoms with Gasteiger partial charge in [-0.3, -0.25) is 4.79 Å². The predicted octanol–water partition coefficient (Wildman–Crippen LogP) is 6.44. The lowest BCUT2D eigenvalue weighted by molar-refractivity contribution is -0.0304. The summed E-state index contributed by atoms with van der Waals surface area (Å²) in [6.07, 6.45) is 0.357. The third-order valence-corrected chi connectivity index (χ3v) is 9.83. The van der Waals surface area contributed by atoms with Gasteiger partial charge in [-0.05, 0) is 61.1 Å². The zero-order valence-electron chi connectivity index (χ0n) is 27.1. The Bertz CT molecular complexity index is 2130. The molecule has 49 heavy (non-hydrogen) atoms. The molecular weight excluding hydrogens is 654 g/mol. The van der Waals surface area contributed by atoms with Gasteiger partial charge in [0.15, 0.2) is 0 Å². The quantitative estimate of drug-likeness (QED) is 0.169. The number of pyridine rings is 2. The summed E-state index contributed by atoms with van der Waals surface area (Å²) >= 11 is 7.15. The molecule has 3 N–H and O–H groups in total. The van der Waals surface area contributed by atoms with E-state index in [0.717, 1.165) is 57.3 Å². The monoisotopic (exact) mass is 688 g/mol. The van der Waals surface area contributed by atoms with Gasteiger partial charge in [0.05, 0.1) is 42.1 Å². The lowest BCUT2D eigenvalue weighted by Gasteiger charge is -2.31. The van der Waals surface area contributed by atoms with E-state index in [-0.39, 0.29) is 28.7 Å². The van der Waals surface area contributed by atoms with Gasteiger partial charge in [-0.25, -0.2) is 23.4 Å². The van der Waals surface area contributed by atoms with E-state index in [4.69, 9.17) is 26.1 Å². The molecule has 3 aromatic heterocycles. The standard InChI is InChI=1S/C36H35ClF2N6O4/c1-18-21(6-5-9-24(18)42-34-31-20(15-28(43-34)33(38)39)16-40-45(2)36(31)47)22-7-4-8-23(32(22)37)27-14-19-10-11-26(30(19)35(44-27)48-3)41-25-12-13-49-17-29(25)46/h4-9,14-16,25-26,29,33,41,46H,10-13,17H2,1-3H3,(H,42,43). The van der Waals surface area contributed by atoms with Crippen molar-refractivity contribution >= 4 is 33.9 Å². The molecule has 10 nitrogen and oxygen atoms in total. The second kappa shape index (κ2) is 13.4. The minimum atomic E-state index is -2.84. The molecule has 0 bridgehead atoms. The summed E-state index contributed by atoms with van der Waals surface area (Å²) in [5.41, 5.74) is 5.46. The molecule has 1 aliphatic carbocycles. The van der Waals surface area contributed by atoms with Crippen LogP contribution in [0.1, 0.15) is 47.7 Å². The molecular formula is C36H35ClF2N6O4. The SMILES string of the molecule is COc1nc(-c2cccc(-c3cccc(Nc4nc(C(F)F)cc5cnn(C)c(=O)c45)c3C)c2Cl)cc2c1C(NC1CCOCC1O)CC2. The molecule has 1 fully saturated rings. The van der Waals surface area contributed by atoms with E-state index < -0.39 is 23.8 Å². The highest BCUT2D eigenvalue weighted by Crippen LogP contribution is 2.43. The number of methoxy groups -OCH3 is 1. The van der Waals surface area contributed by atoms with Gasteiger partial charge in [0, 0.05) is 53.5 Å². The molecule has 0 spiro atoms. The zero-order valence-corrected chi connectivity index (χ0v) is 27.9. The van der Waals surface area contributed by atoms with Gasteiger partial charge >= 0.3 is 0 Å². The van der Waals surface area contributed by atoms with E-state index in [9.17, 15) is 18.7 Å². The molecule has 7 rings (SSSR count). The van der Waals surface area contributed by atoms with Crippen molar-refractivity contribution in [3.05, 3.63) is 92.5 Å². The highest BCUT2D eigenvalue weighted by atomic mass is 35.5. The number of aliphatic hydroxyl groups excluding tert-OH is 1. The van der Waals surface area contributed by atoms with Gasteiger partial charge in [0.1, 0.15) is 11.5 Å². The van der Waals surface area contributed by atoms with Crippen molar-refractivity contribution in [2.45, 2.75) is 50.8 Å². The second-order valence-corrected chi connectivity index (χ2v) is 12.8. The molecule has 13 heteroatoms. The number of nitrogens with zero attached hydrogens (tertiary/aromatic N) is 4. The van der Waals surface area contributed by atoms with Crippen LogP contribution in [0, 0.1) is 6.92 Å². The number of aliphatic hydroxyl groups is 1. The summed E-state index contributed by atoms with van der Waals surface area (Å²) in [4.78, 5) is 22.1. The number of halogens is 3. The molecule has 2 aromatic carbocycles. The molecule has 2 aliphatic rings. The Hall–Kier alpha value is -4.49. The average molecular weight is 689 g/mol. The van der Waals surface area contributed by atoms with Crippen molar-refractivity contribution in [1.29, 1.82) is 0 Å². The second-order valence-electron chi connectivity index (χ2n) is 12.4.